The molecule has 86 valence electrons. The number of hydrogen-bond donors (Lipinski definition) is 1. The Bertz CT molecular complexity index is 441. The number of nitrogens with one attached hydrogen (secondary N) is 1. The molecular formula is C9H12N4O3. The molecular weight excluding hydrogens is 212 g/mol. The predicted octanol–water partition coefficient (Wildman–Crippen LogP) is -0.0729. The molecule has 16 heavy (non-hydrogen) atoms. The molecule has 0 radical (unpaired) electrons. The van der Waals surface area contributed by atoms with Crippen molar-refractivity contribution >= 4 is 5.69 Å². The lowest BCUT2D eigenvalue weighted by Gasteiger charge is -2.04. The average molecular weight is 224 g/mol. The van der Waals surface area contributed by atoms with Crippen molar-refractivity contribution in [2.75, 3.05) is 13.1 Å². The summed E-state index contributed by atoms with van der Waals surface area (Å²) in [6, 6.07) is 0. The number of hydrogen-bond acceptors (Lipinski definition) is 5. The molecule has 1 rings (SSSR count). The highest BCUT2D eigenvalue weighted by Gasteiger charge is 2.08. The molecule has 0 unspecified atom stereocenters. The third-order valence-electron chi connectivity index (χ3n) is 1.87. The van der Waals surface area contributed by atoms with E-state index >= 15 is 0 Å². The zero-order valence-electron chi connectivity index (χ0n) is 8.63. The van der Waals surface area contributed by atoms with Crippen LogP contribution < -0.4 is 11.0 Å². The molecule has 0 atom stereocenters. The van der Waals surface area contributed by atoms with Gasteiger partial charge < -0.3 is 5.32 Å². The Balaban J connectivity index is 2.70. The van der Waals surface area contributed by atoms with E-state index in [-0.39, 0.29) is 5.69 Å². The molecule has 1 N–H and O–H groups in total. The van der Waals surface area contributed by atoms with Gasteiger partial charge in [-0.15, -0.1) is 6.58 Å². The summed E-state index contributed by atoms with van der Waals surface area (Å²) >= 11 is 0. The van der Waals surface area contributed by atoms with Gasteiger partial charge in [-0.05, 0) is 0 Å². The lowest BCUT2D eigenvalue weighted by Crippen LogP contribution is -2.28. The molecule has 1 aromatic rings. The minimum atomic E-state index is -0.583. The van der Waals surface area contributed by atoms with Gasteiger partial charge in [-0.3, -0.25) is 14.7 Å². The van der Waals surface area contributed by atoms with Crippen molar-refractivity contribution in [3.8, 4) is 0 Å². The van der Waals surface area contributed by atoms with Crippen LogP contribution in [0.1, 0.15) is 0 Å². The van der Waals surface area contributed by atoms with Crippen molar-refractivity contribution in [2.24, 2.45) is 0 Å². The largest absolute Gasteiger partial charge is 0.348 e. The van der Waals surface area contributed by atoms with E-state index in [0.717, 1.165) is 6.20 Å². The number of rotatable bonds is 6. The second-order valence-corrected chi connectivity index (χ2v) is 3.04. The minimum Gasteiger partial charge on any atom is -0.312 e. The van der Waals surface area contributed by atoms with Crippen molar-refractivity contribution in [2.45, 2.75) is 6.54 Å². The Morgan fingerprint density at radius 2 is 2.44 bits per heavy atom. The Hall–Kier alpha value is -2.02. The molecule has 1 aromatic heterocycles. The fraction of sp³-hybridized carbons (Fsp3) is 0.333. The van der Waals surface area contributed by atoms with Gasteiger partial charge in [0.25, 0.3) is 0 Å². The summed E-state index contributed by atoms with van der Waals surface area (Å²) in [7, 11) is 0. The van der Waals surface area contributed by atoms with E-state index < -0.39 is 10.6 Å². The Labute approximate surface area is 91.6 Å². The molecule has 0 saturated carbocycles. The maximum Gasteiger partial charge on any atom is 0.348 e. The second kappa shape index (κ2) is 5.76. The fourth-order valence-electron chi connectivity index (χ4n) is 1.10. The van der Waals surface area contributed by atoms with Gasteiger partial charge in [0.1, 0.15) is 6.20 Å². The van der Waals surface area contributed by atoms with E-state index in [1.54, 1.807) is 6.08 Å². The highest BCUT2D eigenvalue weighted by Crippen LogP contribution is 2.03. The fourth-order valence-corrected chi connectivity index (χ4v) is 1.10. The van der Waals surface area contributed by atoms with Crippen LogP contribution in [0.3, 0.4) is 0 Å². The first-order valence-electron chi connectivity index (χ1n) is 4.67. The number of nitro groups is 1. The summed E-state index contributed by atoms with van der Waals surface area (Å²) in [5.74, 6) is 0. The van der Waals surface area contributed by atoms with E-state index in [4.69, 9.17) is 0 Å². The highest BCUT2D eigenvalue weighted by atomic mass is 16.6. The molecule has 0 saturated heterocycles. The van der Waals surface area contributed by atoms with Gasteiger partial charge in [-0.1, -0.05) is 6.08 Å². The molecule has 0 spiro atoms. The van der Waals surface area contributed by atoms with Gasteiger partial charge in [-0.25, -0.2) is 4.79 Å². The van der Waals surface area contributed by atoms with Crippen molar-refractivity contribution in [1.29, 1.82) is 0 Å². The third-order valence-corrected chi connectivity index (χ3v) is 1.87. The van der Waals surface area contributed by atoms with Crippen LogP contribution in [-0.4, -0.2) is 27.6 Å². The van der Waals surface area contributed by atoms with E-state index in [2.05, 4.69) is 16.9 Å². The number of nitrogens with zero attached hydrogens (tertiary/aromatic N) is 3. The number of aromatic nitrogens is 2. The Morgan fingerprint density at radius 1 is 1.69 bits per heavy atom. The van der Waals surface area contributed by atoms with Crippen molar-refractivity contribution in [1.82, 2.24) is 14.9 Å². The standard InChI is InChI=1S/C9H12N4O3/c1-2-3-10-4-5-12-7-8(13(15)16)6-11-9(12)14/h2,6-7,10H,1,3-5H2. The molecule has 0 aliphatic heterocycles. The van der Waals surface area contributed by atoms with Crippen LogP contribution in [0, 0.1) is 10.1 Å². The monoisotopic (exact) mass is 224 g/mol. The molecule has 0 amide bonds. The van der Waals surface area contributed by atoms with Crippen LogP contribution in [0.25, 0.3) is 0 Å². The predicted molar refractivity (Wildman–Crippen MR) is 58.2 cm³/mol. The maximum atomic E-state index is 11.2. The van der Waals surface area contributed by atoms with Crippen LogP contribution in [0.5, 0.6) is 0 Å². The quantitative estimate of drug-likeness (QED) is 0.316. The maximum absolute atomic E-state index is 11.2. The van der Waals surface area contributed by atoms with Crippen LogP contribution in [0.4, 0.5) is 5.69 Å². The van der Waals surface area contributed by atoms with Gasteiger partial charge in [-0.2, -0.15) is 4.98 Å². The molecule has 0 aliphatic carbocycles. The minimum absolute atomic E-state index is 0.191. The summed E-state index contributed by atoms with van der Waals surface area (Å²) in [6.45, 7) is 5.01. The van der Waals surface area contributed by atoms with Gasteiger partial charge in [0.15, 0.2) is 0 Å². The first kappa shape index (κ1) is 12.1. The zero-order chi connectivity index (χ0) is 12.0. The summed E-state index contributed by atoms with van der Waals surface area (Å²) in [6.07, 6.45) is 3.83. The summed E-state index contributed by atoms with van der Waals surface area (Å²) in [4.78, 5) is 24.5. The van der Waals surface area contributed by atoms with Gasteiger partial charge >= 0.3 is 11.4 Å². The lowest BCUT2D eigenvalue weighted by atomic mass is 10.5. The third kappa shape index (κ3) is 3.28. The first-order chi connectivity index (χ1) is 7.65. The van der Waals surface area contributed by atoms with Crippen LogP contribution in [0.15, 0.2) is 29.8 Å². The second-order valence-electron chi connectivity index (χ2n) is 3.04. The Morgan fingerprint density at radius 3 is 3.06 bits per heavy atom. The normalized spacial score (nSPS) is 10.0. The van der Waals surface area contributed by atoms with Gasteiger partial charge in [0.05, 0.1) is 11.1 Å². The van der Waals surface area contributed by atoms with Gasteiger partial charge in [0, 0.05) is 19.6 Å². The van der Waals surface area contributed by atoms with E-state index in [1.165, 1.54) is 10.8 Å². The van der Waals surface area contributed by atoms with Crippen LogP contribution in [0.2, 0.25) is 0 Å². The van der Waals surface area contributed by atoms with Crippen molar-refractivity contribution in [3.63, 3.8) is 0 Å². The van der Waals surface area contributed by atoms with Crippen molar-refractivity contribution in [3.05, 3.63) is 45.6 Å². The molecule has 7 heteroatoms. The van der Waals surface area contributed by atoms with E-state index in [9.17, 15) is 14.9 Å². The summed E-state index contributed by atoms with van der Waals surface area (Å²) in [5.41, 5.74) is -0.686. The van der Waals surface area contributed by atoms with E-state index in [0.29, 0.717) is 19.6 Å². The summed E-state index contributed by atoms with van der Waals surface area (Å²) < 4.78 is 1.20. The van der Waals surface area contributed by atoms with E-state index in [1.807, 2.05) is 0 Å². The molecule has 0 aromatic carbocycles. The SMILES string of the molecule is C=CCNCCn1cc([N+](=O)[O-])cnc1=O. The first-order valence-corrected chi connectivity index (χ1v) is 4.67. The topological polar surface area (TPSA) is 90.1 Å². The van der Waals surface area contributed by atoms with Crippen LogP contribution in [-0.2, 0) is 6.54 Å². The zero-order valence-corrected chi connectivity index (χ0v) is 8.63. The smallest absolute Gasteiger partial charge is 0.312 e. The molecule has 7 nitrogen and oxygen atoms in total. The highest BCUT2D eigenvalue weighted by molar-refractivity contribution is 5.20. The average Bonchev–Trinajstić information content (AvgIpc) is 2.26. The summed E-state index contributed by atoms with van der Waals surface area (Å²) in [5, 5.41) is 13.4. The molecule has 0 bridgehead atoms. The lowest BCUT2D eigenvalue weighted by molar-refractivity contribution is -0.385. The molecule has 1 heterocycles. The molecule has 0 fully saturated rings. The van der Waals surface area contributed by atoms with Crippen LogP contribution >= 0.6 is 0 Å². The van der Waals surface area contributed by atoms with Crippen molar-refractivity contribution < 1.29 is 4.92 Å². The Kier molecular flexibility index (Phi) is 4.34. The molecule has 0 aliphatic rings. The van der Waals surface area contributed by atoms with Gasteiger partial charge in [0.2, 0.25) is 0 Å².